The van der Waals surface area contributed by atoms with E-state index in [1.165, 1.54) is 12.8 Å². The zero-order valence-electron chi connectivity index (χ0n) is 17.4. The van der Waals surface area contributed by atoms with Crippen LogP contribution in [0.3, 0.4) is 0 Å². The molecule has 29 heavy (non-hydrogen) atoms. The van der Waals surface area contributed by atoms with Gasteiger partial charge in [-0.15, -0.1) is 0 Å². The Balaban J connectivity index is 1.34. The van der Waals surface area contributed by atoms with Gasteiger partial charge in [0.2, 0.25) is 5.91 Å². The van der Waals surface area contributed by atoms with Crippen LogP contribution in [0.25, 0.3) is 11.0 Å². The lowest BCUT2D eigenvalue weighted by atomic mass is 10.1. The van der Waals surface area contributed by atoms with E-state index >= 15 is 0 Å². The molecule has 2 aromatic rings. The minimum absolute atomic E-state index is 0.00362. The molecular weight excluding hydrogens is 366 g/mol. The number of hydrogen-bond donors (Lipinski definition) is 0. The van der Waals surface area contributed by atoms with E-state index in [-0.39, 0.29) is 11.8 Å². The summed E-state index contributed by atoms with van der Waals surface area (Å²) in [6.45, 7) is 9.32. The van der Waals surface area contributed by atoms with Crippen LogP contribution in [0.4, 0.5) is 0 Å². The molecule has 7 heteroatoms. The Morgan fingerprint density at radius 3 is 2.17 bits per heavy atom. The normalized spacial score (nSPS) is 17.9. The van der Waals surface area contributed by atoms with E-state index in [0.29, 0.717) is 38.2 Å². The number of benzene rings is 1. The Hall–Kier alpha value is -2.54. The number of hydrogen-bond acceptors (Lipinski definition) is 5. The number of likely N-dealkylation sites (tertiary alicyclic amines) is 1. The van der Waals surface area contributed by atoms with E-state index in [1.807, 2.05) is 41.8 Å². The summed E-state index contributed by atoms with van der Waals surface area (Å²) in [5.41, 5.74) is 3.96. The zero-order valence-corrected chi connectivity index (χ0v) is 17.4. The van der Waals surface area contributed by atoms with Crippen molar-refractivity contribution in [3.63, 3.8) is 0 Å². The predicted molar refractivity (Wildman–Crippen MR) is 112 cm³/mol. The Morgan fingerprint density at radius 1 is 0.862 bits per heavy atom. The van der Waals surface area contributed by atoms with E-state index in [2.05, 4.69) is 14.9 Å². The summed E-state index contributed by atoms with van der Waals surface area (Å²) in [6, 6.07) is 5.51. The van der Waals surface area contributed by atoms with Gasteiger partial charge in [0.15, 0.2) is 0 Å². The van der Waals surface area contributed by atoms with Crippen molar-refractivity contribution in [3.8, 4) is 0 Å². The van der Waals surface area contributed by atoms with Gasteiger partial charge in [0.1, 0.15) is 0 Å². The second-order valence-electron chi connectivity index (χ2n) is 8.07. The van der Waals surface area contributed by atoms with E-state index in [1.54, 1.807) is 0 Å². The molecule has 1 aromatic heterocycles. The molecule has 2 aliphatic heterocycles. The predicted octanol–water partition coefficient (Wildman–Crippen LogP) is 2.02. The second-order valence-corrected chi connectivity index (χ2v) is 8.07. The number of carbonyl (C=O) groups is 2. The summed E-state index contributed by atoms with van der Waals surface area (Å²) < 4.78 is 0. The first-order valence-electron chi connectivity index (χ1n) is 10.6. The topological polar surface area (TPSA) is 69.6 Å². The molecular formula is C22H29N5O2. The summed E-state index contributed by atoms with van der Waals surface area (Å²) in [6.07, 6.45) is 3.07. The van der Waals surface area contributed by atoms with E-state index in [4.69, 9.17) is 0 Å². The van der Waals surface area contributed by atoms with Gasteiger partial charge in [0, 0.05) is 44.7 Å². The summed E-state index contributed by atoms with van der Waals surface area (Å²) in [5, 5.41) is 0. The van der Waals surface area contributed by atoms with Gasteiger partial charge in [-0.3, -0.25) is 9.59 Å². The number of aromatic nitrogens is 2. The van der Waals surface area contributed by atoms with E-state index in [9.17, 15) is 9.59 Å². The second kappa shape index (κ2) is 8.45. The van der Waals surface area contributed by atoms with Crippen molar-refractivity contribution >= 4 is 22.8 Å². The van der Waals surface area contributed by atoms with Gasteiger partial charge in [-0.05, 0) is 58.0 Å². The van der Waals surface area contributed by atoms with Crippen molar-refractivity contribution in [1.29, 1.82) is 0 Å². The van der Waals surface area contributed by atoms with Crippen LogP contribution in [0.2, 0.25) is 0 Å². The number of aryl methyl sites for hydroxylation is 2. The average Bonchev–Trinajstić information content (AvgIpc) is 3.26. The fourth-order valence-corrected chi connectivity index (χ4v) is 4.12. The largest absolute Gasteiger partial charge is 0.339 e. The summed E-state index contributed by atoms with van der Waals surface area (Å²) >= 11 is 0. The smallest absolute Gasteiger partial charge is 0.254 e. The van der Waals surface area contributed by atoms with Gasteiger partial charge in [0.05, 0.1) is 22.4 Å². The van der Waals surface area contributed by atoms with Crippen LogP contribution in [-0.2, 0) is 4.79 Å². The summed E-state index contributed by atoms with van der Waals surface area (Å²) in [5.74, 6) is 0.201. The van der Waals surface area contributed by atoms with Gasteiger partial charge in [0.25, 0.3) is 5.91 Å². The first-order chi connectivity index (χ1) is 14.0. The molecule has 154 valence electrons. The highest BCUT2D eigenvalue weighted by Crippen LogP contribution is 2.17. The highest BCUT2D eigenvalue weighted by Gasteiger charge is 2.25. The molecule has 2 saturated heterocycles. The maximum absolute atomic E-state index is 12.9. The molecule has 0 unspecified atom stereocenters. The molecule has 0 atom stereocenters. The standard InChI is InChI=1S/C22H29N5O2/c1-16-17(2)24-20-15-18(5-6-19(20)23-16)22(29)27-13-11-26(12-14-27)21(28)7-10-25-8-3-4-9-25/h5-6,15H,3-4,7-14H2,1-2H3. The lowest BCUT2D eigenvalue weighted by Crippen LogP contribution is -2.51. The van der Waals surface area contributed by atoms with Crippen LogP contribution < -0.4 is 0 Å². The minimum atomic E-state index is -0.00362. The number of piperazine rings is 1. The zero-order chi connectivity index (χ0) is 20.4. The average molecular weight is 396 g/mol. The molecule has 0 bridgehead atoms. The SMILES string of the molecule is Cc1nc2ccc(C(=O)N3CCN(C(=O)CCN4CCCC4)CC3)cc2nc1C. The molecule has 7 nitrogen and oxygen atoms in total. The van der Waals surface area contributed by atoms with Crippen LogP contribution in [0.15, 0.2) is 18.2 Å². The number of carbonyl (C=O) groups excluding carboxylic acids is 2. The number of amides is 2. The van der Waals surface area contributed by atoms with Crippen LogP contribution in [0, 0.1) is 13.8 Å². The third-order valence-electron chi connectivity index (χ3n) is 6.08. The van der Waals surface area contributed by atoms with Gasteiger partial charge in [-0.2, -0.15) is 0 Å². The Bertz CT molecular complexity index is 915. The molecule has 1 aromatic carbocycles. The Morgan fingerprint density at radius 2 is 1.48 bits per heavy atom. The van der Waals surface area contributed by atoms with Gasteiger partial charge < -0.3 is 14.7 Å². The van der Waals surface area contributed by atoms with Gasteiger partial charge >= 0.3 is 0 Å². The lowest BCUT2D eigenvalue weighted by Gasteiger charge is -2.35. The molecule has 2 aliphatic rings. The maximum Gasteiger partial charge on any atom is 0.254 e. The third kappa shape index (κ3) is 4.40. The number of nitrogens with zero attached hydrogens (tertiary/aromatic N) is 5. The number of fused-ring (bicyclic) bond motifs is 1. The van der Waals surface area contributed by atoms with Gasteiger partial charge in [-0.1, -0.05) is 0 Å². The minimum Gasteiger partial charge on any atom is -0.339 e. The first kappa shape index (κ1) is 19.8. The molecule has 2 fully saturated rings. The quantitative estimate of drug-likeness (QED) is 0.792. The molecule has 2 amide bonds. The van der Waals surface area contributed by atoms with Crippen molar-refractivity contribution in [2.45, 2.75) is 33.1 Å². The van der Waals surface area contributed by atoms with Crippen molar-refractivity contribution in [2.24, 2.45) is 0 Å². The molecule has 0 aliphatic carbocycles. The van der Waals surface area contributed by atoms with E-state index < -0.39 is 0 Å². The summed E-state index contributed by atoms with van der Waals surface area (Å²) in [4.78, 5) is 40.6. The van der Waals surface area contributed by atoms with Crippen molar-refractivity contribution in [1.82, 2.24) is 24.7 Å². The van der Waals surface area contributed by atoms with Gasteiger partial charge in [-0.25, -0.2) is 9.97 Å². The molecule has 0 saturated carbocycles. The maximum atomic E-state index is 12.9. The number of rotatable bonds is 4. The fraction of sp³-hybridized carbons (Fsp3) is 0.545. The fourth-order valence-electron chi connectivity index (χ4n) is 4.12. The highest BCUT2D eigenvalue weighted by atomic mass is 16.2. The van der Waals surface area contributed by atoms with Crippen LogP contribution in [0.1, 0.15) is 41.0 Å². The van der Waals surface area contributed by atoms with Crippen LogP contribution in [0.5, 0.6) is 0 Å². The molecule has 3 heterocycles. The first-order valence-corrected chi connectivity index (χ1v) is 10.6. The van der Waals surface area contributed by atoms with Crippen molar-refractivity contribution in [2.75, 3.05) is 45.8 Å². The van der Waals surface area contributed by atoms with Crippen LogP contribution in [-0.4, -0.2) is 82.3 Å². The van der Waals surface area contributed by atoms with Crippen molar-refractivity contribution in [3.05, 3.63) is 35.2 Å². The van der Waals surface area contributed by atoms with Crippen LogP contribution >= 0.6 is 0 Å². The van der Waals surface area contributed by atoms with E-state index in [0.717, 1.165) is 42.1 Å². The summed E-state index contributed by atoms with van der Waals surface area (Å²) in [7, 11) is 0. The monoisotopic (exact) mass is 395 g/mol. The molecule has 0 spiro atoms. The molecule has 4 rings (SSSR count). The molecule has 0 N–H and O–H groups in total. The lowest BCUT2D eigenvalue weighted by molar-refractivity contribution is -0.133. The van der Waals surface area contributed by atoms with Crippen molar-refractivity contribution < 1.29 is 9.59 Å². The Kier molecular flexibility index (Phi) is 5.76. The highest BCUT2D eigenvalue weighted by molar-refractivity contribution is 5.97. The molecule has 0 radical (unpaired) electrons. The Labute approximate surface area is 171 Å². The third-order valence-corrected chi connectivity index (χ3v) is 6.08.